The van der Waals surface area contributed by atoms with Crippen molar-refractivity contribution in [1.82, 2.24) is 128 Å². The molecule has 124 heavy (non-hydrogen) atoms. The molecular formula is C90H114N28O6+2. The largest absolute Gasteiger partial charge is 0.396 e. The second kappa shape index (κ2) is 37.2. The first-order chi connectivity index (χ1) is 60.5. The molecule has 16 aromatic rings. The summed E-state index contributed by atoms with van der Waals surface area (Å²) in [5.74, 6) is 2.14. The zero-order valence-corrected chi connectivity index (χ0v) is 71.7. The topological polar surface area (TPSA) is 390 Å². The maximum atomic E-state index is 9.86. The lowest BCUT2D eigenvalue weighted by molar-refractivity contribution is -0.576. The fraction of sp³-hybridized carbons (Fsp3) is 0.467. The minimum absolute atomic E-state index is 0.0232. The van der Waals surface area contributed by atoms with E-state index in [9.17, 15) is 30.6 Å². The first-order valence-electron chi connectivity index (χ1n) is 44.3. The van der Waals surface area contributed by atoms with Crippen molar-refractivity contribution in [2.75, 3.05) is 13.2 Å². The predicted molar refractivity (Wildman–Crippen MR) is 465 cm³/mol. The Hall–Kier alpha value is -12.1. The number of aromatic amines is 2. The standard InChI is InChI=1S/2C23H29N7O.2C22H27N7O2/c2*1-3-20(4-2)29-13-19(10-26-29)23-22-5-6-24-30(22)14-21(27-23)18-9-25-28(12-18)11-16-7-17(8-16)15-31;2*1-3-16(4-2)27-12-15(10-25-27)22-19-5-6-23-29(19)13-18(26-22)14-9-24-28(11-14)17-7-20(30)21(31)8-17/h2*5-6,9-10,12-14,16-17,20,31H,3-4,7-8,11,15H2,1-2H3;2*5-6,9-13,16-17,20-21,30-31H,3-4,7-8H2,1-2H3/p+2/t;;2*17?,20-,21+. The smallest absolute Gasteiger partial charge is 0.263 e. The van der Waals surface area contributed by atoms with Gasteiger partial charge in [-0.25, -0.2) is 29.0 Å². The lowest BCUT2D eigenvalue weighted by Gasteiger charge is -2.33. The summed E-state index contributed by atoms with van der Waals surface area (Å²) in [5.41, 5.74) is 18.3. The summed E-state index contributed by atoms with van der Waals surface area (Å²) in [4.78, 5) is 19.9. The summed E-state index contributed by atoms with van der Waals surface area (Å²) in [5, 5.41) is 110. The molecule has 0 aromatic carbocycles. The van der Waals surface area contributed by atoms with E-state index >= 15 is 0 Å². The van der Waals surface area contributed by atoms with Gasteiger partial charge in [0, 0.05) is 133 Å². The van der Waals surface area contributed by atoms with Gasteiger partial charge in [0.05, 0.1) is 181 Å². The summed E-state index contributed by atoms with van der Waals surface area (Å²) < 4.78 is 23.4. The molecule has 2 unspecified atom stereocenters. The number of aliphatic hydroxyl groups excluding tert-OH is 6. The molecule has 4 saturated carbocycles. The number of rotatable bonds is 28. The lowest BCUT2D eigenvalue weighted by atomic mass is 9.75. The van der Waals surface area contributed by atoms with Crippen molar-refractivity contribution in [2.45, 2.75) is 232 Å². The van der Waals surface area contributed by atoms with Crippen LogP contribution in [0.4, 0.5) is 0 Å². The van der Waals surface area contributed by atoms with Crippen LogP contribution in [0, 0.1) is 23.7 Å². The van der Waals surface area contributed by atoms with Gasteiger partial charge in [-0.05, 0) is 139 Å². The number of aromatic nitrogens is 28. The van der Waals surface area contributed by atoms with Crippen LogP contribution < -0.4 is 9.03 Å². The van der Waals surface area contributed by atoms with E-state index in [4.69, 9.17) is 19.9 Å². The van der Waals surface area contributed by atoms with Crippen LogP contribution in [0.3, 0.4) is 0 Å². The molecule has 0 radical (unpaired) electrons. The van der Waals surface area contributed by atoms with E-state index in [0.29, 0.717) is 86.7 Å². The van der Waals surface area contributed by atoms with Crippen molar-refractivity contribution in [3.63, 3.8) is 0 Å². The van der Waals surface area contributed by atoms with Gasteiger partial charge in [-0.15, -0.1) is 0 Å². The van der Waals surface area contributed by atoms with Gasteiger partial charge in [0.15, 0.2) is 0 Å². The first-order valence-corrected chi connectivity index (χ1v) is 44.3. The predicted octanol–water partition coefficient (Wildman–Crippen LogP) is 12.3. The zero-order valence-electron chi connectivity index (χ0n) is 71.7. The van der Waals surface area contributed by atoms with E-state index in [1.165, 1.54) is 0 Å². The van der Waals surface area contributed by atoms with Gasteiger partial charge in [0.2, 0.25) is 12.4 Å². The molecule has 4 aliphatic carbocycles. The molecule has 0 spiro atoms. The van der Waals surface area contributed by atoms with E-state index in [-0.39, 0.29) is 12.1 Å². The van der Waals surface area contributed by atoms with Crippen molar-refractivity contribution < 1.29 is 39.7 Å². The Labute approximate surface area is 717 Å². The van der Waals surface area contributed by atoms with E-state index in [2.05, 4.69) is 163 Å². The maximum absolute atomic E-state index is 9.86. The van der Waals surface area contributed by atoms with Crippen LogP contribution in [-0.4, -0.2) is 196 Å². The highest BCUT2D eigenvalue weighted by atomic mass is 16.3. The minimum Gasteiger partial charge on any atom is -0.396 e. The molecule has 16 heterocycles. The Bertz CT molecular complexity index is 5800. The molecule has 8 N–H and O–H groups in total. The molecule has 20 rings (SSSR count). The number of hydrogen-bond acceptors (Lipinski definition) is 20. The van der Waals surface area contributed by atoms with Crippen LogP contribution in [0.25, 0.3) is 112 Å². The fourth-order valence-electron chi connectivity index (χ4n) is 18.3. The van der Waals surface area contributed by atoms with Crippen LogP contribution in [0.1, 0.15) is 194 Å². The van der Waals surface area contributed by atoms with Crippen LogP contribution in [0.15, 0.2) is 173 Å². The average Bonchev–Trinajstić information content (AvgIpc) is 1.67. The minimum atomic E-state index is -0.700. The number of hydrogen-bond donors (Lipinski definition) is 8. The average molecular weight is 1680 g/mol. The van der Waals surface area contributed by atoms with E-state index in [0.717, 1.165) is 202 Å². The summed E-state index contributed by atoms with van der Waals surface area (Å²) in [6.07, 6.45) is 58.2. The molecular weight excluding hydrogens is 1570 g/mol. The van der Waals surface area contributed by atoms with Gasteiger partial charge < -0.3 is 30.6 Å². The first kappa shape index (κ1) is 84.1. The van der Waals surface area contributed by atoms with Crippen molar-refractivity contribution in [1.29, 1.82) is 0 Å². The van der Waals surface area contributed by atoms with Crippen molar-refractivity contribution in [3.8, 4) is 90.1 Å². The Kier molecular flexibility index (Phi) is 25.2. The van der Waals surface area contributed by atoms with Gasteiger partial charge >= 0.3 is 0 Å². The SMILES string of the molecule is CCC(CC)n1cc(-c2nc(-c3cnn(C4C[C@@H](O)[C@@H](O)C4)c3)cn3nccc23)cn1.CCC(CC)n1cc(-c2nc(-c3cnn(C4C[C@@H](O)[C@@H](O)C4)c3)cn3nccc23)cn1.CCC(CC)n1cc(-c2nc(-c3cnn(CC4CC(CO)C4)c3)c[n+]3[nH]ccc23)cn1.CCC(CC)n1cc(-c2nc(-c3cnn(CC4CC(CO)C4)c3)c[n+]3[nH]ccc23)cn1. The van der Waals surface area contributed by atoms with Crippen LogP contribution in [0.5, 0.6) is 0 Å². The molecule has 16 aromatic heterocycles. The van der Waals surface area contributed by atoms with Gasteiger partial charge in [-0.2, -0.15) is 61.2 Å². The third-order valence-electron chi connectivity index (χ3n) is 25.8. The Morgan fingerprint density at radius 1 is 0.339 bits per heavy atom. The Morgan fingerprint density at radius 2 is 0.653 bits per heavy atom. The van der Waals surface area contributed by atoms with Crippen LogP contribution in [0.2, 0.25) is 0 Å². The summed E-state index contributed by atoms with van der Waals surface area (Å²) in [7, 11) is 0. The second-order valence-electron chi connectivity index (χ2n) is 34.0. The molecule has 648 valence electrons. The molecule has 34 heteroatoms. The second-order valence-corrected chi connectivity index (χ2v) is 34.0. The molecule has 0 aliphatic heterocycles. The molecule has 0 bridgehead atoms. The third kappa shape index (κ3) is 17.6. The highest BCUT2D eigenvalue weighted by Crippen LogP contribution is 2.40. The fourth-order valence-corrected chi connectivity index (χ4v) is 18.3. The normalized spacial score (nSPS) is 20.1. The number of nitrogens with zero attached hydrogens (tertiary/aromatic N) is 26. The molecule has 34 nitrogen and oxygen atoms in total. The van der Waals surface area contributed by atoms with Gasteiger partial charge in [0.1, 0.15) is 22.8 Å². The Morgan fingerprint density at radius 3 is 0.992 bits per heavy atom. The van der Waals surface area contributed by atoms with Gasteiger partial charge in [-0.3, -0.25) is 37.5 Å². The van der Waals surface area contributed by atoms with E-state index in [1.54, 1.807) is 24.8 Å². The van der Waals surface area contributed by atoms with Crippen molar-refractivity contribution >= 4 is 22.1 Å². The van der Waals surface area contributed by atoms with Crippen molar-refractivity contribution in [2.24, 2.45) is 23.7 Å². The van der Waals surface area contributed by atoms with Gasteiger partial charge in [0.25, 0.3) is 11.0 Å². The molecule has 4 fully saturated rings. The highest BCUT2D eigenvalue weighted by molar-refractivity contribution is 5.80. The highest BCUT2D eigenvalue weighted by Gasteiger charge is 2.36. The summed E-state index contributed by atoms with van der Waals surface area (Å²) in [6.45, 7) is 19.8. The maximum Gasteiger partial charge on any atom is 0.263 e. The number of aliphatic hydroxyl groups is 6. The monoisotopic (exact) mass is 1680 g/mol. The number of fused-ring (bicyclic) bond motifs is 4. The summed E-state index contributed by atoms with van der Waals surface area (Å²) >= 11 is 0. The number of H-pyrrole nitrogens is 2. The quantitative estimate of drug-likeness (QED) is 0.0211. The molecule has 6 atom stereocenters. The number of nitrogens with one attached hydrogen (secondary N) is 2. The van der Waals surface area contributed by atoms with Crippen molar-refractivity contribution in [3.05, 3.63) is 173 Å². The molecule has 0 amide bonds. The van der Waals surface area contributed by atoms with Gasteiger partial charge in [-0.1, -0.05) is 64.4 Å². The van der Waals surface area contributed by atoms with E-state index in [1.807, 2.05) is 157 Å². The van der Waals surface area contributed by atoms with E-state index < -0.39 is 24.4 Å². The summed E-state index contributed by atoms with van der Waals surface area (Å²) in [6, 6.07) is 9.48. The third-order valence-corrected chi connectivity index (χ3v) is 25.8. The Balaban J connectivity index is 0.000000117. The molecule has 4 aliphatic rings. The van der Waals surface area contributed by atoms with Crippen LogP contribution >= 0.6 is 0 Å². The molecule has 0 saturated heterocycles. The zero-order chi connectivity index (χ0) is 85.8. The lowest BCUT2D eigenvalue weighted by Crippen LogP contribution is -2.29. The van der Waals surface area contributed by atoms with Crippen LogP contribution in [-0.2, 0) is 13.1 Å².